The second-order valence-corrected chi connectivity index (χ2v) is 5.29. The zero-order valence-corrected chi connectivity index (χ0v) is 12.5. The van der Waals surface area contributed by atoms with Crippen LogP contribution in [0.15, 0.2) is 52.8 Å². The van der Waals surface area contributed by atoms with Gasteiger partial charge < -0.3 is 4.74 Å². The third kappa shape index (κ3) is 3.32. The summed E-state index contributed by atoms with van der Waals surface area (Å²) in [5.41, 5.74) is 0. The lowest BCUT2D eigenvalue weighted by Crippen LogP contribution is -2.04. The number of halogens is 1. The molecular weight excluding hydrogens is 310 g/mol. The summed E-state index contributed by atoms with van der Waals surface area (Å²) in [5.74, 6) is 1.18. The van der Waals surface area contributed by atoms with Gasteiger partial charge >= 0.3 is 0 Å². The normalized spacial score (nSPS) is 10.6. The fourth-order valence-corrected chi connectivity index (χ4v) is 2.55. The van der Waals surface area contributed by atoms with Crippen molar-refractivity contribution in [3.63, 3.8) is 0 Å². The van der Waals surface area contributed by atoms with Crippen LogP contribution in [0.4, 0.5) is 0 Å². The topological polar surface area (TPSA) is 65.7 Å². The Morgan fingerprint density at radius 3 is 2.62 bits per heavy atom. The lowest BCUT2D eigenvalue weighted by atomic mass is 10.3. The van der Waals surface area contributed by atoms with Crippen molar-refractivity contribution in [3.8, 4) is 11.7 Å². The Hall–Kier alpha value is -2.12. The first kappa shape index (κ1) is 13.8. The van der Waals surface area contributed by atoms with Gasteiger partial charge in [0.15, 0.2) is 5.16 Å². The Balaban J connectivity index is 1.88. The molecule has 0 unspecified atom stereocenters. The van der Waals surface area contributed by atoms with Crippen molar-refractivity contribution in [2.75, 3.05) is 7.11 Å². The van der Waals surface area contributed by atoms with Gasteiger partial charge in [0.1, 0.15) is 5.75 Å². The first-order valence-corrected chi connectivity index (χ1v) is 7.17. The van der Waals surface area contributed by atoms with E-state index < -0.39 is 0 Å². The predicted octanol–water partition coefficient (Wildman–Crippen LogP) is 2.87. The molecule has 0 saturated carbocycles. The van der Waals surface area contributed by atoms with Gasteiger partial charge in [0.25, 0.3) is 5.95 Å². The van der Waals surface area contributed by atoms with E-state index in [1.165, 1.54) is 16.4 Å². The van der Waals surface area contributed by atoms with Gasteiger partial charge in [0.05, 0.1) is 7.11 Å². The van der Waals surface area contributed by atoms with Crippen LogP contribution >= 0.6 is 23.4 Å². The summed E-state index contributed by atoms with van der Waals surface area (Å²) in [6.07, 6.45) is 3.39. The highest BCUT2D eigenvalue weighted by molar-refractivity contribution is 7.99. The second-order valence-electron chi connectivity index (χ2n) is 3.92. The van der Waals surface area contributed by atoms with E-state index in [-0.39, 0.29) is 5.28 Å². The maximum Gasteiger partial charge on any atom is 0.255 e. The average Bonchev–Trinajstić information content (AvgIpc) is 3.02. The number of nitrogens with zero attached hydrogens (tertiary/aromatic N) is 5. The van der Waals surface area contributed by atoms with Gasteiger partial charge in [-0.2, -0.15) is 20.1 Å². The number of methoxy groups -OCH3 is 1. The summed E-state index contributed by atoms with van der Waals surface area (Å²) in [7, 11) is 1.63. The first-order valence-electron chi connectivity index (χ1n) is 5.98. The summed E-state index contributed by atoms with van der Waals surface area (Å²) in [6, 6.07) is 9.39. The van der Waals surface area contributed by atoms with Crippen molar-refractivity contribution in [2.45, 2.75) is 10.1 Å². The first-order chi connectivity index (χ1) is 10.2. The van der Waals surface area contributed by atoms with Crippen LogP contribution in [0.2, 0.25) is 5.28 Å². The fraction of sp³-hybridized carbons (Fsp3) is 0.0769. The van der Waals surface area contributed by atoms with E-state index in [4.69, 9.17) is 16.3 Å². The molecule has 0 aliphatic carbocycles. The molecule has 2 aromatic heterocycles. The van der Waals surface area contributed by atoms with Crippen LogP contribution < -0.4 is 4.74 Å². The van der Waals surface area contributed by atoms with E-state index in [0.29, 0.717) is 11.1 Å². The molecule has 6 nitrogen and oxygen atoms in total. The van der Waals surface area contributed by atoms with Crippen LogP contribution in [-0.4, -0.2) is 31.8 Å². The standard InChI is InChI=1S/C13H10ClN5OS/c1-20-9-3-5-10(6-4-9)21-13-17-11(14)16-12(18-13)19-8-2-7-15-19/h2-8H,1H3. The second kappa shape index (κ2) is 6.11. The van der Waals surface area contributed by atoms with Gasteiger partial charge in [-0.05, 0) is 53.7 Å². The van der Waals surface area contributed by atoms with Gasteiger partial charge in [-0.25, -0.2) is 4.68 Å². The van der Waals surface area contributed by atoms with E-state index in [9.17, 15) is 0 Å². The molecule has 106 valence electrons. The Morgan fingerprint density at radius 2 is 1.95 bits per heavy atom. The van der Waals surface area contributed by atoms with Gasteiger partial charge in [0.2, 0.25) is 5.28 Å². The van der Waals surface area contributed by atoms with Crippen molar-refractivity contribution in [2.24, 2.45) is 0 Å². The maximum absolute atomic E-state index is 5.94. The SMILES string of the molecule is COc1ccc(Sc2nc(Cl)nc(-n3cccn3)n2)cc1. The smallest absolute Gasteiger partial charge is 0.255 e. The quantitative estimate of drug-likeness (QED) is 0.736. The van der Waals surface area contributed by atoms with Gasteiger partial charge in [-0.15, -0.1) is 0 Å². The Labute approximate surface area is 130 Å². The minimum absolute atomic E-state index is 0.131. The number of benzene rings is 1. The molecule has 0 N–H and O–H groups in total. The van der Waals surface area contributed by atoms with E-state index in [0.717, 1.165) is 10.6 Å². The number of hydrogen-bond acceptors (Lipinski definition) is 6. The molecule has 8 heteroatoms. The molecule has 0 aliphatic rings. The third-order valence-corrected chi connectivity index (χ3v) is 3.60. The number of aromatic nitrogens is 5. The highest BCUT2D eigenvalue weighted by Crippen LogP contribution is 2.27. The zero-order valence-electron chi connectivity index (χ0n) is 11.0. The van der Waals surface area contributed by atoms with Crippen LogP contribution in [0, 0.1) is 0 Å². The van der Waals surface area contributed by atoms with E-state index in [1.54, 1.807) is 25.6 Å². The van der Waals surface area contributed by atoms with Crippen molar-refractivity contribution in [1.82, 2.24) is 24.7 Å². The molecule has 0 bridgehead atoms. The Bertz CT molecular complexity index is 733. The van der Waals surface area contributed by atoms with Crippen LogP contribution in [0.5, 0.6) is 5.75 Å². The number of ether oxygens (including phenoxy) is 1. The number of rotatable bonds is 4. The van der Waals surface area contributed by atoms with E-state index in [2.05, 4.69) is 20.1 Å². The summed E-state index contributed by atoms with van der Waals surface area (Å²) in [4.78, 5) is 13.5. The van der Waals surface area contributed by atoms with E-state index >= 15 is 0 Å². The molecule has 2 heterocycles. The molecule has 0 amide bonds. The number of hydrogen-bond donors (Lipinski definition) is 0. The highest BCUT2D eigenvalue weighted by Gasteiger charge is 2.08. The molecule has 0 saturated heterocycles. The molecule has 0 radical (unpaired) electrons. The third-order valence-electron chi connectivity index (χ3n) is 2.55. The lowest BCUT2D eigenvalue weighted by Gasteiger charge is -2.04. The molecule has 0 fully saturated rings. The van der Waals surface area contributed by atoms with Crippen LogP contribution in [0.1, 0.15) is 0 Å². The monoisotopic (exact) mass is 319 g/mol. The Morgan fingerprint density at radius 1 is 1.14 bits per heavy atom. The fourth-order valence-electron chi connectivity index (χ4n) is 1.61. The summed E-state index contributed by atoms with van der Waals surface area (Å²) >= 11 is 7.33. The van der Waals surface area contributed by atoms with Crippen LogP contribution in [0.3, 0.4) is 0 Å². The maximum atomic E-state index is 5.94. The summed E-state index contributed by atoms with van der Waals surface area (Å²) in [6.45, 7) is 0. The van der Waals surface area contributed by atoms with Crippen LogP contribution in [0.25, 0.3) is 5.95 Å². The zero-order chi connectivity index (χ0) is 14.7. The van der Waals surface area contributed by atoms with Gasteiger partial charge in [-0.1, -0.05) is 0 Å². The molecular formula is C13H10ClN5OS. The molecule has 1 aromatic carbocycles. The lowest BCUT2D eigenvalue weighted by molar-refractivity contribution is 0.414. The van der Waals surface area contributed by atoms with Gasteiger partial charge in [-0.3, -0.25) is 0 Å². The molecule has 21 heavy (non-hydrogen) atoms. The largest absolute Gasteiger partial charge is 0.497 e. The highest BCUT2D eigenvalue weighted by atomic mass is 35.5. The van der Waals surface area contributed by atoms with Crippen molar-refractivity contribution >= 4 is 23.4 Å². The van der Waals surface area contributed by atoms with Crippen molar-refractivity contribution in [1.29, 1.82) is 0 Å². The van der Waals surface area contributed by atoms with Gasteiger partial charge in [0, 0.05) is 17.3 Å². The molecule has 0 spiro atoms. The van der Waals surface area contributed by atoms with Crippen molar-refractivity contribution in [3.05, 3.63) is 48.0 Å². The Kier molecular flexibility index (Phi) is 4.03. The molecule has 0 aliphatic heterocycles. The average molecular weight is 320 g/mol. The van der Waals surface area contributed by atoms with Crippen LogP contribution in [-0.2, 0) is 0 Å². The molecule has 3 aromatic rings. The summed E-state index contributed by atoms with van der Waals surface area (Å²) < 4.78 is 6.66. The molecule has 3 rings (SSSR count). The molecule has 0 atom stereocenters. The predicted molar refractivity (Wildman–Crippen MR) is 79.1 cm³/mol. The van der Waals surface area contributed by atoms with Crippen molar-refractivity contribution < 1.29 is 4.74 Å². The minimum Gasteiger partial charge on any atom is -0.497 e. The minimum atomic E-state index is 0.131. The van der Waals surface area contributed by atoms with E-state index in [1.807, 2.05) is 24.3 Å². The summed E-state index contributed by atoms with van der Waals surface area (Å²) in [5, 5.41) is 4.71.